The number of aryl methyl sites for hydroxylation is 1. The summed E-state index contributed by atoms with van der Waals surface area (Å²) in [5.41, 5.74) is 6.09. The Kier molecular flexibility index (Phi) is 5.16. The third-order valence-corrected chi connectivity index (χ3v) is 2.87. The molecule has 4 heteroatoms. The Morgan fingerprint density at radius 3 is 2.44 bits per heavy atom. The van der Waals surface area contributed by atoms with Gasteiger partial charge in [0.05, 0.1) is 13.7 Å². The molecule has 1 rings (SSSR count). The van der Waals surface area contributed by atoms with Crippen LogP contribution in [0.2, 0.25) is 0 Å². The van der Waals surface area contributed by atoms with Crippen LogP contribution in [0.25, 0.3) is 0 Å². The van der Waals surface area contributed by atoms with Crippen LogP contribution in [-0.4, -0.2) is 25.2 Å². The number of benzene rings is 1. The van der Waals surface area contributed by atoms with E-state index in [1.165, 1.54) is 12.7 Å². The van der Waals surface area contributed by atoms with Crippen LogP contribution < -0.4 is 10.5 Å². The smallest absolute Gasteiger partial charge is 0.325 e. The number of methoxy groups -OCH3 is 1. The van der Waals surface area contributed by atoms with E-state index in [0.29, 0.717) is 13.0 Å². The summed E-state index contributed by atoms with van der Waals surface area (Å²) in [5, 5.41) is 0. The largest absolute Gasteiger partial charge is 0.494 e. The number of hydrogen-bond donors (Lipinski definition) is 1. The molecule has 0 heterocycles. The first kappa shape index (κ1) is 14.5. The summed E-state index contributed by atoms with van der Waals surface area (Å²) in [7, 11) is 1.33. The molecular formula is C14H21NO3. The number of esters is 1. The Hall–Kier alpha value is -1.55. The molecule has 0 aliphatic carbocycles. The second-order valence-corrected chi connectivity index (χ2v) is 4.51. The van der Waals surface area contributed by atoms with Crippen LogP contribution in [0.4, 0.5) is 0 Å². The molecule has 0 amide bonds. The molecule has 0 spiro atoms. The van der Waals surface area contributed by atoms with E-state index in [1.54, 1.807) is 6.92 Å². The molecular weight excluding hydrogens is 230 g/mol. The van der Waals surface area contributed by atoms with Crippen LogP contribution in [0.15, 0.2) is 24.3 Å². The number of nitrogens with two attached hydrogens (primary N) is 1. The van der Waals surface area contributed by atoms with Gasteiger partial charge in [0, 0.05) is 6.42 Å². The molecule has 0 aliphatic rings. The third-order valence-electron chi connectivity index (χ3n) is 2.87. The van der Waals surface area contributed by atoms with Crippen molar-refractivity contribution in [3.05, 3.63) is 29.8 Å². The molecule has 0 bridgehead atoms. The Balaban J connectivity index is 2.43. The monoisotopic (exact) mass is 251 g/mol. The highest BCUT2D eigenvalue weighted by Crippen LogP contribution is 2.14. The Bertz CT molecular complexity index is 385. The quantitative estimate of drug-likeness (QED) is 0.784. The van der Waals surface area contributed by atoms with Crippen molar-refractivity contribution in [1.82, 2.24) is 0 Å². The highest BCUT2D eigenvalue weighted by molar-refractivity contribution is 5.79. The van der Waals surface area contributed by atoms with Crippen LogP contribution in [0.5, 0.6) is 5.75 Å². The third kappa shape index (κ3) is 4.04. The summed E-state index contributed by atoms with van der Waals surface area (Å²) < 4.78 is 10.2. The molecule has 4 nitrogen and oxygen atoms in total. The van der Waals surface area contributed by atoms with Gasteiger partial charge in [-0.05, 0) is 31.0 Å². The predicted octanol–water partition coefficient (Wildman–Crippen LogP) is 1.91. The SMILES string of the molecule is CCc1ccc(OCCC(C)(N)C(=O)OC)cc1. The number of carbonyl (C=O) groups is 1. The van der Waals surface area contributed by atoms with Gasteiger partial charge in [-0.25, -0.2) is 0 Å². The molecule has 1 aromatic rings. The van der Waals surface area contributed by atoms with Crippen LogP contribution in [0, 0.1) is 0 Å². The number of hydrogen-bond acceptors (Lipinski definition) is 4. The molecule has 1 atom stereocenters. The summed E-state index contributed by atoms with van der Waals surface area (Å²) in [6, 6.07) is 7.89. The van der Waals surface area contributed by atoms with Crippen molar-refractivity contribution in [2.75, 3.05) is 13.7 Å². The first-order chi connectivity index (χ1) is 8.49. The molecule has 1 unspecified atom stereocenters. The van der Waals surface area contributed by atoms with E-state index >= 15 is 0 Å². The van der Waals surface area contributed by atoms with Crippen molar-refractivity contribution in [2.24, 2.45) is 5.73 Å². The average Bonchev–Trinajstić information content (AvgIpc) is 2.38. The van der Waals surface area contributed by atoms with Crippen molar-refractivity contribution >= 4 is 5.97 Å². The normalized spacial score (nSPS) is 13.8. The molecule has 1 aromatic carbocycles. The maximum absolute atomic E-state index is 11.4. The Morgan fingerprint density at radius 1 is 1.33 bits per heavy atom. The average molecular weight is 251 g/mol. The molecule has 0 aromatic heterocycles. The number of rotatable bonds is 6. The van der Waals surface area contributed by atoms with Crippen molar-refractivity contribution in [3.63, 3.8) is 0 Å². The van der Waals surface area contributed by atoms with Gasteiger partial charge < -0.3 is 15.2 Å². The van der Waals surface area contributed by atoms with Gasteiger partial charge in [0.25, 0.3) is 0 Å². The van der Waals surface area contributed by atoms with E-state index in [4.69, 9.17) is 10.5 Å². The number of carbonyl (C=O) groups excluding carboxylic acids is 1. The standard InChI is InChI=1S/C14H21NO3/c1-4-11-5-7-12(8-6-11)18-10-9-14(2,15)13(16)17-3/h5-8H,4,9-10,15H2,1-3H3. The van der Waals surface area contributed by atoms with Crippen LogP contribution in [0.3, 0.4) is 0 Å². The van der Waals surface area contributed by atoms with Crippen molar-refractivity contribution in [1.29, 1.82) is 0 Å². The minimum absolute atomic E-state index is 0.383. The fourth-order valence-corrected chi connectivity index (χ4v) is 1.54. The highest BCUT2D eigenvalue weighted by Gasteiger charge is 2.29. The van der Waals surface area contributed by atoms with E-state index in [-0.39, 0.29) is 0 Å². The lowest BCUT2D eigenvalue weighted by atomic mass is 10.0. The Morgan fingerprint density at radius 2 is 1.94 bits per heavy atom. The molecule has 0 fully saturated rings. The minimum Gasteiger partial charge on any atom is -0.494 e. The van der Waals surface area contributed by atoms with Crippen molar-refractivity contribution in [2.45, 2.75) is 32.2 Å². The fourth-order valence-electron chi connectivity index (χ4n) is 1.54. The summed E-state index contributed by atoms with van der Waals surface area (Å²) in [6.45, 7) is 4.13. The molecule has 18 heavy (non-hydrogen) atoms. The van der Waals surface area contributed by atoms with Gasteiger partial charge in [-0.2, -0.15) is 0 Å². The number of ether oxygens (including phenoxy) is 2. The first-order valence-corrected chi connectivity index (χ1v) is 6.08. The highest BCUT2D eigenvalue weighted by atomic mass is 16.5. The van der Waals surface area contributed by atoms with Gasteiger partial charge >= 0.3 is 5.97 Å². The Labute approximate surface area is 108 Å². The second-order valence-electron chi connectivity index (χ2n) is 4.51. The minimum atomic E-state index is -1.00. The van der Waals surface area contributed by atoms with Crippen molar-refractivity contribution < 1.29 is 14.3 Å². The van der Waals surface area contributed by atoms with E-state index in [1.807, 2.05) is 24.3 Å². The van der Waals surface area contributed by atoms with Crippen molar-refractivity contribution in [3.8, 4) is 5.75 Å². The van der Waals surface area contributed by atoms with Gasteiger partial charge in [0.15, 0.2) is 0 Å². The molecule has 0 aliphatic heterocycles. The van der Waals surface area contributed by atoms with Crippen LogP contribution >= 0.6 is 0 Å². The molecule has 2 N–H and O–H groups in total. The lowest BCUT2D eigenvalue weighted by Gasteiger charge is -2.21. The zero-order valence-electron chi connectivity index (χ0n) is 11.2. The van der Waals surface area contributed by atoms with Gasteiger partial charge in [-0.3, -0.25) is 4.79 Å². The lowest BCUT2D eigenvalue weighted by molar-refractivity contribution is -0.146. The summed E-state index contributed by atoms with van der Waals surface area (Å²) in [6.07, 6.45) is 1.42. The maximum atomic E-state index is 11.4. The van der Waals surface area contributed by atoms with Gasteiger partial charge in [0.1, 0.15) is 11.3 Å². The topological polar surface area (TPSA) is 61.5 Å². The van der Waals surface area contributed by atoms with E-state index in [9.17, 15) is 4.79 Å². The van der Waals surface area contributed by atoms with Gasteiger partial charge in [-0.15, -0.1) is 0 Å². The van der Waals surface area contributed by atoms with Gasteiger partial charge in [0.2, 0.25) is 0 Å². The molecule has 100 valence electrons. The molecule has 0 radical (unpaired) electrons. The lowest BCUT2D eigenvalue weighted by Crippen LogP contribution is -2.46. The fraction of sp³-hybridized carbons (Fsp3) is 0.500. The zero-order chi connectivity index (χ0) is 13.6. The summed E-state index contributed by atoms with van der Waals surface area (Å²) in [5.74, 6) is 0.361. The van der Waals surface area contributed by atoms with E-state index in [2.05, 4.69) is 11.7 Å². The molecule has 0 saturated carbocycles. The van der Waals surface area contributed by atoms with Gasteiger partial charge in [-0.1, -0.05) is 19.1 Å². The van der Waals surface area contributed by atoms with Crippen LogP contribution in [-0.2, 0) is 16.0 Å². The zero-order valence-corrected chi connectivity index (χ0v) is 11.2. The summed E-state index contributed by atoms with van der Waals surface area (Å²) in [4.78, 5) is 11.4. The predicted molar refractivity (Wildman–Crippen MR) is 70.5 cm³/mol. The van der Waals surface area contributed by atoms with E-state index < -0.39 is 11.5 Å². The first-order valence-electron chi connectivity index (χ1n) is 6.08. The maximum Gasteiger partial charge on any atom is 0.325 e. The van der Waals surface area contributed by atoms with E-state index in [0.717, 1.165) is 12.2 Å². The molecule has 0 saturated heterocycles. The van der Waals surface area contributed by atoms with Crippen LogP contribution in [0.1, 0.15) is 25.8 Å². The summed E-state index contributed by atoms with van der Waals surface area (Å²) >= 11 is 0. The second kappa shape index (κ2) is 6.40.